The molecule has 17 heavy (non-hydrogen) atoms. The standard InChI is InChI=1S/C12H19FN2O2/c13-12-6-10(8-14)5-11(7-12)9-15(1-3-16)2-4-17/h5-7,16-17H,1-4,8-9,14H2. The first-order valence-corrected chi connectivity index (χ1v) is 5.62. The van der Waals surface area contributed by atoms with Crippen molar-refractivity contribution in [2.75, 3.05) is 26.3 Å². The minimum Gasteiger partial charge on any atom is -0.395 e. The van der Waals surface area contributed by atoms with Crippen molar-refractivity contribution in [3.8, 4) is 0 Å². The van der Waals surface area contributed by atoms with Crippen LogP contribution in [-0.2, 0) is 13.1 Å². The Morgan fingerprint density at radius 3 is 2.18 bits per heavy atom. The van der Waals surface area contributed by atoms with Gasteiger partial charge in [-0.2, -0.15) is 0 Å². The highest BCUT2D eigenvalue weighted by Gasteiger charge is 2.06. The number of nitrogens with zero attached hydrogens (tertiary/aromatic N) is 1. The van der Waals surface area contributed by atoms with E-state index in [0.29, 0.717) is 26.2 Å². The molecule has 0 radical (unpaired) electrons. The van der Waals surface area contributed by atoms with Crippen molar-refractivity contribution < 1.29 is 14.6 Å². The quantitative estimate of drug-likeness (QED) is 0.633. The molecule has 0 unspecified atom stereocenters. The summed E-state index contributed by atoms with van der Waals surface area (Å²) in [6.45, 7) is 1.72. The maximum atomic E-state index is 13.3. The Hall–Kier alpha value is -1.01. The third-order valence-corrected chi connectivity index (χ3v) is 2.49. The molecule has 1 rings (SSSR count). The van der Waals surface area contributed by atoms with Gasteiger partial charge in [-0.1, -0.05) is 6.07 Å². The molecule has 96 valence electrons. The van der Waals surface area contributed by atoms with Crippen LogP contribution in [0.2, 0.25) is 0 Å². The van der Waals surface area contributed by atoms with E-state index >= 15 is 0 Å². The highest BCUT2D eigenvalue weighted by molar-refractivity contribution is 5.24. The SMILES string of the molecule is NCc1cc(F)cc(CN(CCO)CCO)c1. The van der Waals surface area contributed by atoms with E-state index in [1.807, 2.05) is 11.0 Å². The Morgan fingerprint density at radius 2 is 1.65 bits per heavy atom. The molecule has 0 aliphatic heterocycles. The summed E-state index contributed by atoms with van der Waals surface area (Å²) in [4.78, 5) is 1.86. The van der Waals surface area contributed by atoms with Crippen molar-refractivity contribution in [1.29, 1.82) is 0 Å². The molecule has 0 heterocycles. The van der Waals surface area contributed by atoms with Gasteiger partial charge in [-0.3, -0.25) is 4.90 Å². The van der Waals surface area contributed by atoms with Crippen molar-refractivity contribution in [2.45, 2.75) is 13.1 Å². The van der Waals surface area contributed by atoms with E-state index in [1.165, 1.54) is 12.1 Å². The molecular weight excluding hydrogens is 223 g/mol. The smallest absolute Gasteiger partial charge is 0.123 e. The number of benzene rings is 1. The first-order valence-electron chi connectivity index (χ1n) is 5.62. The normalized spacial score (nSPS) is 11.1. The van der Waals surface area contributed by atoms with Crippen molar-refractivity contribution in [3.63, 3.8) is 0 Å². The second kappa shape index (κ2) is 7.34. The first kappa shape index (κ1) is 14.1. The van der Waals surface area contributed by atoms with Gasteiger partial charge in [0.15, 0.2) is 0 Å². The van der Waals surface area contributed by atoms with Crippen molar-refractivity contribution in [2.24, 2.45) is 5.73 Å². The molecule has 0 aliphatic carbocycles. The van der Waals surface area contributed by atoms with Crippen LogP contribution in [0.15, 0.2) is 18.2 Å². The molecule has 0 aliphatic rings. The highest BCUT2D eigenvalue weighted by Crippen LogP contribution is 2.11. The summed E-state index contributed by atoms with van der Waals surface area (Å²) in [6.07, 6.45) is 0. The molecule has 1 aromatic rings. The Morgan fingerprint density at radius 1 is 1.06 bits per heavy atom. The lowest BCUT2D eigenvalue weighted by Gasteiger charge is -2.20. The van der Waals surface area contributed by atoms with Crippen LogP contribution in [0.4, 0.5) is 4.39 Å². The number of hydrogen-bond donors (Lipinski definition) is 3. The Labute approximate surface area is 100 Å². The number of aliphatic hydroxyl groups is 2. The molecule has 0 amide bonds. The van der Waals surface area contributed by atoms with E-state index in [-0.39, 0.29) is 19.0 Å². The molecule has 4 nitrogen and oxygen atoms in total. The summed E-state index contributed by atoms with van der Waals surface area (Å²) in [5.41, 5.74) is 7.02. The Balaban J connectivity index is 2.73. The van der Waals surface area contributed by atoms with E-state index in [4.69, 9.17) is 15.9 Å². The van der Waals surface area contributed by atoms with E-state index in [0.717, 1.165) is 11.1 Å². The van der Waals surface area contributed by atoms with E-state index in [2.05, 4.69) is 0 Å². The third kappa shape index (κ3) is 4.79. The van der Waals surface area contributed by atoms with Gasteiger partial charge >= 0.3 is 0 Å². The first-order chi connectivity index (χ1) is 8.19. The number of hydrogen-bond acceptors (Lipinski definition) is 4. The molecule has 0 bridgehead atoms. The largest absolute Gasteiger partial charge is 0.395 e. The van der Waals surface area contributed by atoms with Gasteiger partial charge in [0, 0.05) is 26.2 Å². The van der Waals surface area contributed by atoms with Gasteiger partial charge in [-0.15, -0.1) is 0 Å². The van der Waals surface area contributed by atoms with Crippen LogP contribution < -0.4 is 5.73 Å². The Kier molecular flexibility index (Phi) is 6.07. The third-order valence-electron chi connectivity index (χ3n) is 2.49. The van der Waals surface area contributed by atoms with E-state index < -0.39 is 0 Å². The highest BCUT2D eigenvalue weighted by atomic mass is 19.1. The van der Waals surface area contributed by atoms with Crippen molar-refractivity contribution in [1.82, 2.24) is 4.90 Å². The van der Waals surface area contributed by atoms with Gasteiger partial charge in [0.25, 0.3) is 0 Å². The van der Waals surface area contributed by atoms with Gasteiger partial charge in [0.2, 0.25) is 0 Å². The van der Waals surface area contributed by atoms with Gasteiger partial charge in [-0.25, -0.2) is 4.39 Å². The minimum absolute atomic E-state index is 0.0130. The van der Waals surface area contributed by atoms with Crippen molar-refractivity contribution in [3.05, 3.63) is 35.1 Å². The van der Waals surface area contributed by atoms with E-state index in [9.17, 15) is 4.39 Å². The topological polar surface area (TPSA) is 69.7 Å². The number of aliphatic hydroxyl groups excluding tert-OH is 2. The average molecular weight is 242 g/mol. The molecule has 0 atom stereocenters. The maximum Gasteiger partial charge on any atom is 0.123 e. The summed E-state index contributed by atoms with van der Waals surface area (Å²) in [7, 11) is 0. The molecule has 0 saturated heterocycles. The fourth-order valence-electron chi connectivity index (χ4n) is 1.74. The zero-order chi connectivity index (χ0) is 12.7. The van der Waals surface area contributed by atoms with Crippen LogP contribution >= 0.6 is 0 Å². The van der Waals surface area contributed by atoms with Crippen LogP contribution in [0.3, 0.4) is 0 Å². The van der Waals surface area contributed by atoms with Crippen LogP contribution in [-0.4, -0.2) is 41.4 Å². The minimum atomic E-state index is -0.309. The second-order valence-electron chi connectivity index (χ2n) is 3.90. The molecule has 4 N–H and O–H groups in total. The number of nitrogens with two attached hydrogens (primary N) is 1. The van der Waals surface area contributed by atoms with Crippen molar-refractivity contribution >= 4 is 0 Å². The number of rotatable bonds is 7. The average Bonchev–Trinajstić information content (AvgIpc) is 2.29. The Bertz CT molecular complexity index is 341. The zero-order valence-electron chi connectivity index (χ0n) is 9.77. The molecule has 5 heteroatoms. The van der Waals surface area contributed by atoms with Gasteiger partial charge in [0.05, 0.1) is 13.2 Å². The lowest BCUT2D eigenvalue weighted by Crippen LogP contribution is -2.29. The van der Waals surface area contributed by atoms with Gasteiger partial charge < -0.3 is 15.9 Å². The maximum absolute atomic E-state index is 13.3. The fraction of sp³-hybridized carbons (Fsp3) is 0.500. The summed E-state index contributed by atoms with van der Waals surface area (Å²) in [6, 6.07) is 4.69. The van der Waals surface area contributed by atoms with Crippen LogP contribution in [0.5, 0.6) is 0 Å². The molecule has 0 aromatic heterocycles. The molecule has 0 fully saturated rings. The van der Waals surface area contributed by atoms with Crippen LogP contribution in [0.1, 0.15) is 11.1 Å². The second-order valence-corrected chi connectivity index (χ2v) is 3.90. The monoisotopic (exact) mass is 242 g/mol. The predicted molar refractivity (Wildman–Crippen MR) is 63.7 cm³/mol. The lowest BCUT2D eigenvalue weighted by molar-refractivity contribution is 0.156. The van der Waals surface area contributed by atoms with Crippen LogP contribution in [0, 0.1) is 5.82 Å². The zero-order valence-corrected chi connectivity index (χ0v) is 9.77. The number of halogens is 1. The molecule has 0 spiro atoms. The predicted octanol–water partition coefficient (Wildman–Crippen LogP) is 0.0710. The summed E-state index contributed by atoms with van der Waals surface area (Å²) >= 11 is 0. The molecule has 0 saturated carbocycles. The lowest BCUT2D eigenvalue weighted by atomic mass is 10.1. The molecule has 1 aromatic carbocycles. The summed E-state index contributed by atoms with van der Waals surface area (Å²) in [5, 5.41) is 17.8. The van der Waals surface area contributed by atoms with E-state index in [1.54, 1.807) is 0 Å². The van der Waals surface area contributed by atoms with Crippen LogP contribution in [0.25, 0.3) is 0 Å². The van der Waals surface area contributed by atoms with Gasteiger partial charge in [-0.05, 0) is 23.3 Å². The van der Waals surface area contributed by atoms with Gasteiger partial charge in [0.1, 0.15) is 5.82 Å². The summed E-state index contributed by atoms with van der Waals surface area (Å²) in [5.74, 6) is -0.309. The fourth-order valence-corrected chi connectivity index (χ4v) is 1.74. The molecular formula is C12H19FN2O2. The summed E-state index contributed by atoms with van der Waals surface area (Å²) < 4.78 is 13.3.